The molecule has 0 unspecified atom stereocenters. The zero-order chi connectivity index (χ0) is 15.4. The van der Waals surface area contributed by atoms with Crippen LogP contribution in [-0.4, -0.2) is 74.4 Å². The molecule has 1 aromatic heterocycles. The normalized spacial score (nSPS) is 17.0. The highest BCUT2D eigenvalue weighted by molar-refractivity contribution is 7.17. The molecule has 21 heavy (non-hydrogen) atoms. The minimum absolute atomic E-state index is 0.302. The Bertz CT molecular complexity index is 464. The van der Waals surface area contributed by atoms with E-state index >= 15 is 0 Å². The van der Waals surface area contributed by atoms with Crippen LogP contribution in [0.3, 0.4) is 0 Å². The fourth-order valence-electron chi connectivity index (χ4n) is 2.47. The number of nitrogens with zero attached hydrogens (tertiary/aromatic N) is 4. The van der Waals surface area contributed by atoms with Crippen LogP contribution in [0.15, 0.2) is 0 Å². The Labute approximate surface area is 131 Å². The van der Waals surface area contributed by atoms with E-state index in [1.54, 1.807) is 0 Å². The average molecular weight is 310 g/mol. The first-order valence-corrected chi connectivity index (χ1v) is 8.41. The molecule has 6 heteroatoms. The van der Waals surface area contributed by atoms with E-state index in [0.29, 0.717) is 5.92 Å². The quantitative estimate of drug-likeness (QED) is 0.749. The second kappa shape index (κ2) is 7.33. The summed E-state index contributed by atoms with van der Waals surface area (Å²) in [5, 5.41) is 1.01. The molecule has 0 bridgehead atoms. The van der Waals surface area contributed by atoms with Crippen molar-refractivity contribution in [3.05, 3.63) is 10.6 Å². The molecule has 1 aliphatic heterocycles. The molecule has 0 aliphatic carbocycles. The highest BCUT2D eigenvalue weighted by atomic mass is 32.1. The Morgan fingerprint density at radius 3 is 2.43 bits per heavy atom. The lowest BCUT2D eigenvalue weighted by atomic mass is 10.1. The molecule has 5 nitrogen and oxygen atoms in total. The van der Waals surface area contributed by atoms with Gasteiger partial charge in [-0.3, -0.25) is 9.69 Å². The van der Waals surface area contributed by atoms with Crippen molar-refractivity contribution in [2.24, 2.45) is 0 Å². The first-order valence-electron chi connectivity index (χ1n) is 7.59. The van der Waals surface area contributed by atoms with Gasteiger partial charge in [-0.2, -0.15) is 0 Å². The first kappa shape index (κ1) is 16.4. The Morgan fingerprint density at radius 1 is 1.29 bits per heavy atom. The summed E-state index contributed by atoms with van der Waals surface area (Å²) in [6.45, 7) is 10.5. The van der Waals surface area contributed by atoms with Gasteiger partial charge in [-0.1, -0.05) is 25.2 Å². The molecule has 0 N–H and O–H groups in total. The molecule has 2 rings (SSSR count). The van der Waals surface area contributed by atoms with E-state index in [1.807, 2.05) is 0 Å². The molecule has 0 radical (unpaired) electrons. The SMILES string of the molecule is CC(C)c1nc(N2CCN(CCN(C)C)CC2)sc1C=O. The summed E-state index contributed by atoms with van der Waals surface area (Å²) < 4.78 is 0. The van der Waals surface area contributed by atoms with E-state index in [0.717, 1.165) is 61.3 Å². The first-order chi connectivity index (χ1) is 10.0. The molecule has 0 aromatic carbocycles. The highest BCUT2D eigenvalue weighted by Crippen LogP contribution is 2.30. The molecule has 0 atom stereocenters. The van der Waals surface area contributed by atoms with Crippen LogP contribution in [0.2, 0.25) is 0 Å². The molecule has 2 heterocycles. The van der Waals surface area contributed by atoms with Crippen LogP contribution < -0.4 is 4.90 Å². The van der Waals surface area contributed by atoms with Crippen LogP contribution >= 0.6 is 11.3 Å². The van der Waals surface area contributed by atoms with Gasteiger partial charge in [0.05, 0.1) is 10.6 Å². The summed E-state index contributed by atoms with van der Waals surface area (Å²) in [6.07, 6.45) is 0.948. The maximum atomic E-state index is 11.2. The van der Waals surface area contributed by atoms with Crippen LogP contribution in [0.1, 0.15) is 35.1 Å². The number of carbonyl (C=O) groups excluding carboxylic acids is 1. The largest absolute Gasteiger partial charge is 0.346 e. The third kappa shape index (κ3) is 4.25. The molecular formula is C15H26N4OS. The third-order valence-corrected chi connectivity index (χ3v) is 4.89. The van der Waals surface area contributed by atoms with Crippen molar-refractivity contribution >= 4 is 22.8 Å². The zero-order valence-corrected chi connectivity index (χ0v) is 14.3. The average Bonchev–Trinajstić information content (AvgIpc) is 2.90. The lowest BCUT2D eigenvalue weighted by Crippen LogP contribution is -2.48. The van der Waals surface area contributed by atoms with Gasteiger partial charge in [-0.25, -0.2) is 4.98 Å². The van der Waals surface area contributed by atoms with Crippen LogP contribution in [-0.2, 0) is 0 Å². The summed E-state index contributed by atoms with van der Waals surface area (Å²) in [5.74, 6) is 0.302. The maximum Gasteiger partial charge on any atom is 0.186 e. The van der Waals surface area contributed by atoms with Gasteiger partial charge in [-0.05, 0) is 20.0 Å². The predicted molar refractivity (Wildman–Crippen MR) is 88.8 cm³/mol. The van der Waals surface area contributed by atoms with Gasteiger partial charge < -0.3 is 9.80 Å². The van der Waals surface area contributed by atoms with E-state index in [9.17, 15) is 4.79 Å². The van der Waals surface area contributed by atoms with Crippen LogP contribution in [0, 0.1) is 0 Å². The van der Waals surface area contributed by atoms with Crippen molar-refractivity contribution in [1.29, 1.82) is 0 Å². The Hall–Kier alpha value is -0.980. The van der Waals surface area contributed by atoms with Gasteiger partial charge in [0.2, 0.25) is 0 Å². The molecule has 0 spiro atoms. The van der Waals surface area contributed by atoms with Gasteiger partial charge in [-0.15, -0.1) is 0 Å². The Morgan fingerprint density at radius 2 is 1.95 bits per heavy atom. The van der Waals surface area contributed by atoms with E-state index in [4.69, 9.17) is 0 Å². The lowest BCUT2D eigenvalue weighted by molar-refractivity contribution is 0.112. The molecular weight excluding hydrogens is 284 g/mol. The number of hydrogen-bond acceptors (Lipinski definition) is 6. The number of hydrogen-bond donors (Lipinski definition) is 0. The summed E-state index contributed by atoms with van der Waals surface area (Å²) in [5.41, 5.74) is 0.944. The molecule has 0 amide bonds. The number of rotatable bonds is 6. The fraction of sp³-hybridized carbons (Fsp3) is 0.733. The summed E-state index contributed by atoms with van der Waals surface area (Å²) in [6, 6.07) is 0. The zero-order valence-electron chi connectivity index (χ0n) is 13.5. The number of aromatic nitrogens is 1. The molecule has 0 saturated carbocycles. The number of anilines is 1. The van der Waals surface area contributed by atoms with Gasteiger partial charge in [0.1, 0.15) is 0 Å². The second-order valence-corrected chi connectivity index (χ2v) is 7.16. The molecule has 1 saturated heterocycles. The van der Waals surface area contributed by atoms with Gasteiger partial charge in [0.25, 0.3) is 0 Å². The lowest BCUT2D eigenvalue weighted by Gasteiger charge is -2.35. The van der Waals surface area contributed by atoms with Crippen molar-refractivity contribution in [3.8, 4) is 0 Å². The van der Waals surface area contributed by atoms with Crippen LogP contribution in [0.5, 0.6) is 0 Å². The van der Waals surface area contributed by atoms with Gasteiger partial charge in [0, 0.05) is 39.3 Å². The number of aldehydes is 1. The van der Waals surface area contributed by atoms with E-state index in [1.165, 1.54) is 11.3 Å². The van der Waals surface area contributed by atoms with Gasteiger partial charge in [0.15, 0.2) is 11.4 Å². The second-order valence-electron chi connectivity index (χ2n) is 6.15. The van der Waals surface area contributed by atoms with E-state index < -0.39 is 0 Å². The monoisotopic (exact) mass is 310 g/mol. The van der Waals surface area contributed by atoms with Crippen molar-refractivity contribution in [2.45, 2.75) is 19.8 Å². The summed E-state index contributed by atoms with van der Waals surface area (Å²) >= 11 is 1.53. The number of piperazine rings is 1. The topological polar surface area (TPSA) is 39.7 Å². The van der Waals surface area contributed by atoms with Crippen molar-refractivity contribution in [3.63, 3.8) is 0 Å². The standard InChI is InChI=1S/C15H26N4OS/c1-12(2)14-13(11-20)21-15(16-14)19-9-7-18(8-10-19)6-5-17(3)4/h11-12H,5-10H2,1-4H3. The minimum Gasteiger partial charge on any atom is -0.346 e. The maximum absolute atomic E-state index is 11.2. The van der Waals surface area contributed by atoms with Crippen molar-refractivity contribution < 1.29 is 4.79 Å². The van der Waals surface area contributed by atoms with E-state index in [-0.39, 0.29) is 0 Å². The van der Waals surface area contributed by atoms with Crippen LogP contribution in [0.25, 0.3) is 0 Å². The molecule has 1 aromatic rings. The predicted octanol–water partition coefficient (Wildman–Crippen LogP) is 1.76. The Kier molecular flexibility index (Phi) is 5.72. The summed E-state index contributed by atoms with van der Waals surface area (Å²) in [7, 11) is 4.22. The van der Waals surface area contributed by atoms with Gasteiger partial charge >= 0.3 is 0 Å². The fourth-order valence-corrected chi connectivity index (χ4v) is 3.56. The number of thiazole rings is 1. The third-order valence-electron chi connectivity index (χ3n) is 3.83. The van der Waals surface area contributed by atoms with Crippen molar-refractivity contribution in [2.75, 3.05) is 58.3 Å². The Balaban J connectivity index is 1.94. The molecule has 118 valence electrons. The van der Waals surface area contributed by atoms with E-state index in [2.05, 4.69) is 47.6 Å². The molecule has 1 fully saturated rings. The highest BCUT2D eigenvalue weighted by Gasteiger charge is 2.22. The number of likely N-dealkylation sites (N-methyl/N-ethyl adjacent to an activating group) is 1. The van der Waals surface area contributed by atoms with Crippen LogP contribution in [0.4, 0.5) is 5.13 Å². The smallest absolute Gasteiger partial charge is 0.186 e. The van der Waals surface area contributed by atoms with Crippen molar-refractivity contribution in [1.82, 2.24) is 14.8 Å². The minimum atomic E-state index is 0.302. The number of carbonyl (C=O) groups is 1. The summed E-state index contributed by atoms with van der Waals surface area (Å²) in [4.78, 5) is 23.7. The molecule has 1 aliphatic rings.